The van der Waals surface area contributed by atoms with E-state index >= 15 is 0 Å². The monoisotopic (exact) mass is 563 g/mol. The lowest BCUT2D eigenvalue weighted by atomic mass is 10.1. The Kier molecular flexibility index (Phi) is 7.80. The van der Waals surface area contributed by atoms with Crippen molar-refractivity contribution in [2.24, 2.45) is 0 Å². The lowest BCUT2D eigenvalue weighted by Crippen LogP contribution is -2.17. The lowest BCUT2D eigenvalue weighted by molar-refractivity contribution is 0.102. The van der Waals surface area contributed by atoms with Crippen LogP contribution in [0.3, 0.4) is 0 Å². The SMILES string of the molecule is Cc1ccc(NS(=O)(=O)c2cc(C(=O)Nc3ccc(S(=O)(=O)Nc4ccc(C)cc4C)cc3)ccc2C)cc1. The number of anilines is 3. The third-order valence-electron chi connectivity index (χ3n) is 6.09. The number of nitrogens with one attached hydrogen (secondary N) is 3. The molecule has 10 heteroatoms. The molecule has 4 rings (SSSR count). The summed E-state index contributed by atoms with van der Waals surface area (Å²) in [6.45, 7) is 7.30. The Morgan fingerprint density at radius 1 is 0.590 bits per heavy atom. The smallest absolute Gasteiger partial charge is 0.262 e. The van der Waals surface area contributed by atoms with Crippen LogP contribution in [0.25, 0.3) is 0 Å². The predicted octanol–water partition coefficient (Wildman–Crippen LogP) is 5.77. The molecule has 0 heterocycles. The van der Waals surface area contributed by atoms with Crippen molar-refractivity contribution >= 4 is 43.0 Å². The summed E-state index contributed by atoms with van der Waals surface area (Å²) in [6.07, 6.45) is 0. The van der Waals surface area contributed by atoms with Crippen LogP contribution in [0.2, 0.25) is 0 Å². The quantitative estimate of drug-likeness (QED) is 0.251. The van der Waals surface area contributed by atoms with E-state index in [4.69, 9.17) is 0 Å². The number of hydrogen-bond donors (Lipinski definition) is 3. The van der Waals surface area contributed by atoms with Crippen molar-refractivity contribution < 1.29 is 21.6 Å². The van der Waals surface area contributed by atoms with Gasteiger partial charge in [0.1, 0.15) is 0 Å². The molecule has 3 N–H and O–H groups in total. The molecule has 0 unspecified atom stereocenters. The molecule has 0 bridgehead atoms. The van der Waals surface area contributed by atoms with Crippen molar-refractivity contribution in [2.45, 2.75) is 37.5 Å². The van der Waals surface area contributed by atoms with Crippen LogP contribution in [-0.4, -0.2) is 22.7 Å². The molecule has 0 fully saturated rings. The molecule has 4 aromatic carbocycles. The number of carbonyl (C=O) groups excluding carboxylic acids is 1. The zero-order valence-corrected chi connectivity index (χ0v) is 23.6. The molecule has 1 amide bonds. The maximum Gasteiger partial charge on any atom is 0.262 e. The summed E-state index contributed by atoms with van der Waals surface area (Å²) in [7, 11) is -7.78. The third kappa shape index (κ3) is 6.65. The van der Waals surface area contributed by atoms with Crippen molar-refractivity contribution in [1.82, 2.24) is 0 Å². The molecule has 202 valence electrons. The minimum atomic E-state index is -3.94. The molecule has 39 heavy (non-hydrogen) atoms. The maximum absolute atomic E-state index is 13.0. The standard InChI is InChI=1S/C29H29N3O5S2/c1-19-5-10-25(11-6-19)31-39(36,37)28-18-23(9-8-21(28)3)29(33)30-24-12-14-26(15-13-24)38(34,35)32-27-16-7-20(2)17-22(27)4/h5-18,31-32H,1-4H3,(H,30,33). The van der Waals surface area contributed by atoms with Crippen LogP contribution in [-0.2, 0) is 20.0 Å². The number of carbonyl (C=O) groups is 1. The Bertz CT molecular complexity index is 1750. The molecule has 0 aliphatic carbocycles. The average Bonchev–Trinajstić information content (AvgIpc) is 2.87. The second kappa shape index (κ2) is 10.9. The molecule has 0 saturated heterocycles. The van der Waals surface area contributed by atoms with Gasteiger partial charge in [-0.3, -0.25) is 14.2 Å². The van der Waals surface area contributed by atoms with Crippen molar-refractivity contribution in [3.63, 3.8) is 0 Å². The zero-order valence-electron chi connectivity index (χ0n) is 21.9. The van der Waals surface area contributed by atoms with Gasteiger partial charge in [-0.1, -0.05) is 41.5 Å². The van der Waals surface area contributed by atoms with Crippen LogP contribution in [0.5, 0.6) is 0 Å². The van der Waals surface area contributed by atoms with Crippen molar-refractivity contribution in [2.75, 3.05) is 14.8 Å². The Hall–Kier alpha value is -4.15. The summed E-state index contributed by atoms with van der Waals surface area (Å²) in [4.78, 5) is 12.9. The highest BCUT2D eigenvalue weighted by atomic mass is 32.2. The van der Waals surface area contributed by atoms with Crippen molar-refractivity contribution in [3.05, 3.63) is 113 Å². The second-order valence-electron chi connectivity index (χ2n) is 9.35. The van der Waals surface area contributed by atoms with Gasteiger partial charge in [0.05, 0.1) is 15.5 Å². The largest absolute Gasteiger partial charge is 0.322 e. The average molecular weight is 564 g/mol. The van der Waals surface area contributed by atoms with Gasteiger partial charge >= 0.3 is 0 Å². The first-order chi connectivity index (χ1) is 18.3. The first-order valence-electron chi connectivity index (χ1n) is 12.1. The molecule has 0 aromatic heterocycles. The molecule has 8 nitrogen and oxygen atoms in total. The molecule has 4 aromatic rings. The molecule has 0 aliphatic heterocycles. The van der Waals surface area contributed by atoms with Crippen LogP contribution >= 0.6 is 0 Å². The highest BCUT2D eigenvalue weighted by molar-refractivity contribution is 7.93. The summed E-state index contributed by atoms with van der Waals surface area (Å²) in [5.74, 6) is -0.536. The van der Waals surface area contributed by atoms with Crippen LogP contribution in [0.4, 0.5) is 17.1 Å². The predicted molar refractivity (Wildman–Crippen MR) is 154 cm³/mol. The van der Waals surface area contributed by atoms with Gasteiger partial charge in [0.25, 0.3) is 26.0 Å². The maximum atomic E-state index is 13.0. The van der Waals surface area contributed by atoms with Gasteiger partial charge < -0.3 is 5.32 Å². The second-order valence-corrected chi connectivity index (χ2v) is 12.7. The van der Waals surface area contributed by atoms with E-state index in [0.717, 1.165) is 16.7 Å². The molecule has 0 spiro atoms. The minimum Gasteiger partial charge on any atom is -0.322 e. The highest BCUT2D eigenvalue weighted by Crippen LogP contribution is 2.24. The lowest BCUT2D eigenvalue weighted by Gasteiger charge is -2.13. The van der Waals surface area contributed by atoms with E-state index in [9.17, 15) is 21.6 Å². The van der Waals surface area contributed by atoms with Crippen LogP contribution in [0.1, 0.15) is 32.6 Å². The van der Waals surface area contributed by atoms with Gasteiger partial charge in [-0.15, -0.1) is 0 Å². The van der Waals surface area contributed by atoms with Gasteiger partial charge in [-0.05, 0) is 93.4 Å². The van der Waals surface area contributed by atoms with E-state index in [1.807, 2.05) is 32.9 Å². The number of benzene rings is 4. The number of aryl methyl sites for hydroxylation is 4. The van der Waals surface area contributed by atoms with Gasteiger partial charge in [0.2, 0.25) is 0 Å². The van der Waals surface area contributed by atoms with Gasteiger partial charge in [0, 0.05) is 16.9 Å². The fourth-order valence-electron chi connectivity index (χ4n) is 3.92. The fraction of sp³-hybridized carbons (Fsp3) is 0.138. The summed E-state index contributed by atoms with van der Waals surface area (Å²) in [6, 6.07) is 22.5. The molecular weight excluding hydrogens is 534 g/mol. The van der Waals surface area contributed by atoms with Crippen LogP contribution in [0.15, 0.2) is 94.7 Å². The van der Waals surface area contributed by atoms with Gasteiger partial charge in [-0.2, -0.15) is 0 Å². The van der Waals surface area contributed by atoms with Crippen molar-refractivity contribution in [3.8, 4) is 0 Å². The van der Waals surface area contributed by atoms with Gasteiger partial charge in [-0.25, -0.2) is 16.8 Å². The van der Waals surface area contributed by atoms with Crippen LogP contribution in [0, 0.1) is 27.7 Å². The fourth-order valence-corrected chi connectivity index (χ4v) is 6.38. The molecule has 0 saturated carbocycles. The summed E-state index contributed by atoms with van der Waals surface area (Å²) < 4.78 is 56.9. The third-order valence-corrected chi connectivity index (χ3v) is 9.00. The number of rotatable bonds is 8. The van der Waals surface area contributed by atoms with E-state index in [0.29, 0.717) is 22.6 Å². The normalized spacial score (nSPS) is 11.6. The van der Waals surface area contributed by atoms with Gasteiger partial charge in [0.15, 0.2) is 0 Å². The Morgan fingerprint density at radius 2 is 1.21 bits per heavy atom. The van der Waals surface area contributed by atoms with Crippen molar-refractivity contribution in [1.29, 1.82) is 0 Å². The Labute approximate surface area is 229 Å². The first kappa shape index (κ1) is 27.9. The van der Waals surface area contributed by atoms with E-state index in [2.05, 4.69) is 14.8 Å². The molecule has 0 radical (unpaired) electrons. The number of amides is 1. The Morgan fingerprint density at radius 3 is 1.85 bits per heavy atom. The molecule has 0 aliphatic rings. The zero-order chi connectivity index (χ0) is 28.4. The summed E-state index contributed by atoms with van der Waals surface area (Å²) in [5, 5.41) is 2.69. The van der Waals surface area contributed by atoms with E-state index < -0.39 is 26.0 Å². The van der Waals surface area contributed by atoms with Crippen LogP contribution < -0.4 is 14.8 Å². The van der Waals surface area contributed by atoms with E-state index in [-0.39, 0.29) is 15.4 Å². The molecule has 0 atom stereocenters. The minimum absolute atomic E-state index is 0.0189. The number of sulfonamides is 2. The summed E-state index contributed by atoms with van der Waals surface area (Å²) >= 11 is 0. The summed E-state index contributed by atoms with van der Waals surface area (Å²) in [5.41, 5.74) is 4.70. The van der Waals surface area contributed by atoms with E-state index in [1.165, 1.54) is 36.4 Å². The Balaban J connectivity index is 1.49. The topological polar surface area (TPSA) is 121 Å². The first-order valence-corrected chi connectivity index (χ1v) is 15.0. The van der Waals surface area contributed by atoms with E-state index in [1.54, 1.807) is 43.3 Å². The highest BCUT2D eigenvalue weighted by Gasteiger charge is 2.20. The number of hydrogen-bond acceptors (Lipinski definition) is 5. The molecular formula is C29H29N3O5S2.